The Morgan fingerprint density at radius 2 is 1.60 bits per heavy atom. The van der Waals surface area contributed by atoms with Crippen molar-refractivity contribution in [2.75, 3.05) is 18.0 Å². The summed E-state index contributed by atoms with van der Waals surface area (Å²) >= 11 is 0. The fourth-order valence-electron chi connectivity index (χ4n) is 5.14. The third kappa shape index (κ3) is 5.54. The van der Waals surface area contributed by atoms with E-state index in [9.17, 15) is 13.2 Å². The van der Waals surface area contributed by atoms with Crippen LogP contribution in [-0.4, -0.2) is 64.1 Å². The molecular formula is C30H35N5O4S. The molecule has 0 saturated carbocycles. The maximum absolute atomic E-state index is 13.7. The van der Waals surface area contributed by atoms with E-state index >= 15 is 0 Å². The predicted octanol–water partition coefficient (Wildman–Crippen LogP) is 5.31. The molecule has 1 saturated heterocycles. The maximum Gasteiger partial charge on any atom is 0.410 e. The van der Waals surface area contributed by atoms with Crippen LogP contribution in [0.25, 0.3) is 22.2 Å². The van der Waals surface area contributed by atoms with Crippen molar-refractivity contribution in [2.45, 2.75) is 58.1 Å². The Morgan fingerprint density at radius 3 is 2.25 bits per heavy atom. The van der Waals surface area contributed by atoms with E-state index in [1.165, 1.54) is 10.3 Å². The van der Waals surface area contributed by atoms with E-state index in [0.29, 0.717) is 35.5 Å². The summed E-state index contributed by atoms with van der Waals surface area (Å²) in [7, 11) is -3.80. The molecule has 0 radical (unpaired) electrons. The van der Waals surface area contributed by atoms with Gasteiger partial charge in [-0.05, 0) is 45.7 Å². The highest BCUT2D eigenvalue weighted by Gasteiger charge is 2.36. The summed E-state index contributed by atoms with van der Waals surface area (Å²) in [5.74, 6) is 0.480. The van der Waals surface area contributed by atoms with E-state index < -0.39 is 15.6 Å². The molecule has 9 nitrogen and oxygen atoms in total. The number of hydrogen-bond donors (Lipinski definition) is 0. The molecule has 0 unspecified atom stereocenters. The molecule has 1 aliphatic heterocycles. The van der Waals surface area contributed by atoms with Crippen LogP contribution >= 0.6 is 0 Å². The molecule has 2 aromatic heterocycles. The highest BCUT2D eigenvalue weighted by atomic mass is 32.2. The normalized spacial score (nSPS) is 18.2. The van der Waals surface area contributed by atoms with Gasteiger partial charge in [0.1, 0.15) is 17.7 Å². The van der Waals surface area contributed by atoms with Crippen molar-refractivity contribution in [1.29, 1.82) is 0 Å². The van der Waals surface area contributed by atoms with E-state index in [2.05, 4.69) is 14.9 Å². The van der Waals surface area contributed by atoms with Gasteiger partial charge in [-0.2, -0.15) is 0 Å². The van der Waals surface area contributed by atoms with Crippen LogP contribution in [0, 0.1) is 0 Å². The molecule has 2 atom stereocenters. The average Bonchev–Trinajstić information content (AvgIpc) is 3.31. The quantitative estimate of drug-likeness (QED) is 0.326. The molecule has 40 heavy (non-hydrogen) atoms. The second-order valence-electron chi connectivity index (χ2n) is 11.3. The van der Waals surface area contributed by atoms with Crippen molar-refractivity contribution in [3.63, 3.8) is 0 Å². The van der Waals surface area contributed by atoms with Crippen LogP contribution in [-0.2, 0) is 20.5 Å². The van der Waals surface area contributed by atoms with Gasteiger partial charge in [0.05, 0.1) is 11.1 Å². The van der Waals surface area contributed by atoms with Gasteiger partial charge >= 0.3 is 6.09 Å². The minimum atomic E-state index is -3.80. The van der Waals surface area contributed by atoms with E-state index in [0.717, 1.165) is 11.1 Å². The van der Waals surface area contributed by atoms with Gasteiger partial charge in [-0.3, -0.25) is 0 Å². The molecule has 1 aliphatic rings. The summed E-state index contributed by atoms with van der Waals surface area (Å²) in [5.41, 5.74) is 2.03. The lowest BCUT2D eigenvalue weighted by atomic mass is 10.0. The Kier molecular flexibility index (Phi) is 7.31. The molecule has 0 N–H and O–H groups in total. The van der Waals surface area contributed by atoms with Crippen molar-refractivity contribution in [3.8, 4) is 11.1 Å². The second kappa shape index (κ2) is 10.6. The van der Waals surface area contributed by atoms with Gasteiger partial charge in [0.15, 0.2) is 5.65 Å². The summed E-state index contributed by atoms with van der Waals surface area (Å²) in [5, 5.41) is 0.662. The fourth-order valence-corrected chi connectivity index (χ4v) is 6.56. The lowest BCUT2D eigenvalue weighted by Gasteiger charge is -2.44. The monoisotopic (exact) mass is 561 g/mol. The van der Waals surface area contributed by atoms with Crippen LogP contribution in [0.15, 0.2) is 73.2 Å². The number of benzene rings is 2. The summed E-state index contributed by atoms with van der Waals surface area (Å²) in [4.78, 5) is 26.0. The van der Waals surface area contributed by atoms with Gasteiger partial charge in [0.25, 0.3) is 0 Å². The molecule has 0 bridgehead atoms. The molecule has 10 heteroatoms. The minimum Gasteiger partial charge on any atom is -0.444 e. The van der Waals surface area contributed by atoms with E-state index in [4.69, 9.17) is 4.74 Å². The first-order chi connectivity index (χ1) is 18.9. The number of anilines is 1. The van der Waals surface area contributed by atoms with Crippen LogP contribution in [0.5, 0.6) is 0 Å². The zero-order valence-corrected chi connectivity index (χ0v) is 24.3. The number of hydrogen-bond acceptors (Lipinski definition) is 7. The standard InChI is InChI=1S/C30H35N5O4S/c1-21-17-34(29(36)39-30(3,4)5)22(2)16-33(21)27-26-25(24-14-10-7-11-15-24)18-35(28(26)32-20-31-27)40(37,38)19-23-12-8-6-9-13-23/h6-15,18,20-22H,16-17,19H2,1-5H3/t21-,22+/m0/s1. The van der Waals surface area contributed by atoms with Gasteiger partial charge in [-0.15, -0.1) is 0 Å². The number of carbonyl (C=O) groups excluding carboxylic acids is 1. The smallest absolute Gasteiger partial charge is 0.410 e. The Bertz CT molecular complexity index is 1610. The van der Waals surface area contributed by atoms with Gasteiger partial charge in [0.2, 0.25) is 10.0 Å². The molecule has 0 spiro atoms. The molecule has 4 aromatic rings. The van der Waals surface area contributed by atoms with Gasteiger partial charge < -0.3 is 14.5 Å². The number of piperazine rings is 1. The number of ether oxygens (including phenoxy) is 1. The average molecular weight is 562 g/mol. The Balaban J connectivity index is 1.59. The zero-order chi connectivity index (χ0) is 28.7. The number of carbonyl (C=O) groups is 1. The third-order valence-corrected chi connectivity index (χ3v) is 8.57. The van der Waals surface area contributed by atoms with E-state index in [1.54, 1.807) is 23.2 Å². The van der Waals surface area contributed by atoms with Gasteiger partial charge in [-0.25, -0.2) is 27.2 Å². The Labute approximate surface area is 235 Å². The van der Waals surface area contributed by atoms with Gasteiger partial charge in [0, 0.05) is 36.9 Å². The fraction of sp³-hybridized carbons (Fsp3) is 0.367. The van der Waals surface area contributed by atoms with Crippen LogP contribution in [0.3, 0.4) is 0 Å². The highest BCUT2D eigenvalue weighted by Crippen LogP contribution is 2.38. The SMILES string of the molecule is C[C@@H]1CN(c2ncnc3c2c(-c2ccccc2)cn3S(=O)(=O)Cc2ccccc2)[C@@H](C)CN1C(=O)OC(C)(C)C. The molecular weight excluding hydrogens is 526 g/mol. The van der Waals surface area contributed by atoms with Crippen molar-refractivity contribution in [3.05, 3.63) is 78.8 Å². The molecule has 5 rings (SSSR count). The molecule has 3 heterocycles. The van der Waals surface area contributed by atoms with Crippen LogP contribution < -0.4 is 4.90 Å². The largest absolute Gasteiger partial charge is 0.444 e. The number of fused-ring (bicyclic) bond motifs is 1. The third-order valence-electron chi connectivity index (χ3n) is 6.99. The number of aromatic nitrogens is 3. The van der Waals surface area contributed by atoms with Crippen molar-refractivity contribution in [2.24, 2.45) is 0 Å². The number of nitrogens with zero attached hydrogens (tertiary/aromatic N) is 5. The van der Waals surface area contributed by atoms with Gasteiger partial charge in [-0.1, -0.05) is 60.7 Å². The van der Waals surface area contributed by atoms with Crippen LogP contribution in [0.2, 0.25) is 0 Å². The first-order valence-electron chi connectivity index (χ1n) is 13.4. The molecule has 2 aromatic carbocycles. The predicted molar refractivity (Wildman–Crippen MR) is 157 cm³/mol. The topological polar surface area (TPSA) is 97.6 Å². The van der Waals surface area contributed by atoms with E-state index in [-0.39, 0.29) is 23.9 Å². The lowest BCUT2D eigenvalue weighted by Crippen LogP contribution is -2.59. The number of rotatable bonds is 5. The zero-order valence-electron chi connectivity index (χ0n) is 23.5. The molecule has 1 fully saturated rings. The molecule has 0 aliphatic carbocycles. The van der Waals surface area contributed by atoms with Crippen LogP contribution in [0.4, 0.5) is 10.6 Å². The summed E-state index contributed by atoms with van der Waals surface area (Å²) < 4.78 is 34.4. The molecule has 210 valence electrons. The lowest BCUT2D eigenvalue weighted by molar-refractivity contribution is 0.0130. The summed E-state index contributed by atoms with van der Waals surface area (Å²) in [6.07, 6.45) is 2.72. The highest BCUT2D eigenvalue weighted by molar-refractivity contribution is 7.89. The summed E-state index contributed by atoms with van der Waals surface area (Å²) in [6, 6.07) is 18.5. The Hall–Kier alpha value is -3.92. The van der Waals surface area contributed by atoms with Crippen molar-refractivity contribution < 1.29 is 17.9 Å². The minimum absolute atomic E-state index is 0.102. The van der Waals surface area contributed by atoms with Crippen LogP contribution in [0.1, 0.15) is 40.2 Å². The van der Waals surface area contributed by atoms with Crippen molar-refractivity contribution in [1.82, 2.24) is 18.8 Å². The molecule has 1 amide bonds. The Morgan fingerprint density at radius 1 is 0.950 bits per heavy atom. The summed E-state index contributed by atoms with van der Waals surface area (Å²) in [6.45, 7) is 10.5. The number of amides is 1. The van der Waals surface area contributed by atoms with Crippen molar-refractivity contribution >= 4 is 33.0 Å². The first-order valence-corrected chi connectivity index (χ1v) is 15.0. The first kappa shape index (κ1) is 27.6. The van der Waals surface area contributed by atoms with E-state index in [1.807, 2.05) is 83.1 Å². The maximum atomic E-state index is 13.7. The second-order valence-corrected chi connectivity index (χ2v) is 13.2.